The van der Waals surface area contributed by atoms with Gasteiger partial charge in [-0.2, -0.15) is 0 Å². The Labute approximate surface area is 163 Å². The van der Waals surface area contributed by atoms with E-state index in [9.17, 15) is 9.59 Å². The predicted molar refractivity (Wildman–Crippen MR) is 112 cm³/mol. The van der Waals surface area contributed by atoms with Crippen LogP contribution in [0.3, 0.4) is 0 Å². The summed E-state index contributed by atoms with van der Waals surface area (Å²) in [5.74, 6) is 1.65. The maximum atomic E-state index is 12.6. The van der Waals surface area contributed by atoms with Crippen LogP contribution >= 0.6 is 24.0 Å². The van der Waals surface area contributed by atoms with E-state index in [4.69, 9.17) is 18.0 Å². The number of hydrogen-bond acceptors (Lipinski definition) is 6. The molecule has 2 atom stereocenters. The fourth-order valence-electron chi connectivity index (χ4n) is 3.43. The number of carbonyl (C=O) groups excluding carboxylic acids is 1. The molecule has 0 aromatic carbocycles. The first-order valence-electron chi connectivity index (χ1n) is 9.00. The Hall–Kier alpha value is -1.41. The van der Waals surface area contributed by atoms with Gasteiger partial charge in [0.15, 0.2) is 5.82 Å². The Balaban J connectivity index is 2.13. The molecule has 1 aliphatic rings. The molecule has 2 N–H and O–H groups in total. The van der Waals surface area contributed by atoms with E-state index in [1.54, 1.807) is 14.1 Å². The Kier molecular flexibility index (Phi) is 7.23. The van der Waals surface area contributed by atoms with Crippen LogP contribution in [0, 0.1) is 16.5 Å². The molecule has 2 unspecified atom stereocenters. The second-order valence-corrected chi connectivity index (χ2v) is 8.61. The molecule has 1 heterocycles. The maximum absolute atomic E-state index is 12.6. The molecule has 0 saturated heterocycles. The lowest BCUT2D eigenvalue weighted by Gasteiger charge is -2.19. The number of nitrogens with two attached hydrogens (primary N) is 1. The van der Waals surface area contributed by atoms with Crippen molar-refractivity contribution in [2.45, 2.75) is 46.0 Å². The second kappa shape index (κ2) is 8.99. The molecule has 0 radical (unpaired) electrons. The van der Waals surface area contributed by atoms with Crippen molar-refractivity contribution in [3.8, 4) is 0 Å². The Morgan fingerprint density at radius 3 is 2.62 bits per heavy atom. The Bertz CT molecular complexity index is 788. The molecule has 26 heavy (non-hydrogen) atoms. The highest BCUT2D eigenvalue weighted by Gasteiger charge is 2.26. The van der Waals surface area contributed by atoms with E-state index in [1.807, 2.05) is 6.92 Å². The molecule has 144 valence electrons. The number of anilines is 1. The zero-order chi connectivity index (χ0) is 19.4. The highest BCUT2D eigenvalue weighted by atomic mass is 32.2. The number of ketones is 1. The van der Waals surface area contributed by atoms with Gasteiger partial charge in [0.2, 0.25) is 0 Å². The molecule has 2 rings (SSSR count). The van der Waals surface area contributed by atoms with Crippen molar-refractivity contribution in [3.63, 3.8) is 0 Å². The average molecular weight is 397 g/mol. The summed E-state index contributed by atoms with van der Waals surface area (Å²) in [6.07, 6.45) is 5.71. The number of aliphatic imine (C=N–C) groups is 1. The monoisotopic (exact) mass is 396 g/mol. The van der Waals surface area contributed by atoms with E-state index in [0.717, 1.165) is 19.3 Å². The molecule has 8 heteroatoms. The van der Waals surface area contributed by atoms with Crippen molar-refractivity contribution >= 4 is 46.3 Å². The van der Waals surface area contributed by atoms with Gasteiger partial charge in [0.25, 0.3) is 0 Å². The van der Waals surface area contributed by atoms with Gasteiger partial charge in [-0.05, 0) is 19.3 Å². The fraction of sp³-hybridized carbons (Fsp3) is 0.667. The van der Waals surface area contributed by atoms with Gasteiger partial charge in [-0.15, -0.1) is 11.8 Å². The molecule has 6 nitrogen and oxygen atoms in total. The van der Waals surface area contributed by atoms with Crippen LogP contribution in [0.2, 0.25) is 0 Å². The SMILES string of the molecule is CC(=Nc1c(N)c(=S)n(C)c(=O)n1C)SCC(=O)C1CCCCCC1C. The second-order valence-electron chi connectivity index (χ2n) is 7.05. The largest absolute Gasteiger partial charge is 0.393 e. The highest BCUT2D eigenvalue weighted by molar-refractivity contribution is 8.14. The summed E-state index contributed by atoms with van der Waals surface area (Å²) >= 11 is 6.60. The van der Waals surface area contributed by atoms with Crippen molar-refractivity contribution in [1.82, 2.24) is 9.13 Å². The molecule has 0 bridgehead atoms. The van der Waals surface area contributed by atoms with Crippen LogP contribution in [0.5, 0.6) is 0 Å². The lowest BCUT2D eigenvalue weighted by molar-refractivity contribution is -0.121. The van der Waals surface area contributed by atoms with Gasteiger partial charge in [0.1, 0.15) is 16.1 Å². The molecule has 1 saturated carbocycles. The van der Waals surface area contributed by atoms with Crippen LogP contribution in [0.1, 0.15) is 46.0 Å². The maximum Gasteiger partial charge on any atom is 0.330 e. The Morgan fingerprint density at radius 1 is 1.27 bits per heavy atom. The van der Waals surface area contributed by atoms with E-state index in [0.29, 0.717) is 34.0 Å². The minimum absolute atomic E-state index is 0.155. The van der Waals surface area contributed by atoms with Crippen LogP contribution in [-0.2, 0) is 18.9 Å². The fourth-order valence-corrected chi connectivity index (χ4v) is 4.32. The summed E-state index contributed by atoms with van der Waals surface area (Å²) in [4.78, 5) is 29.2. The lowest BCUT2D eigenvalue weighted by atomic mass is 9.87. The summed E-state index contributed by atoms with van der Waals surface area (Å²) in [6, 6.07) is 0. The third-order valence-corrected chi connectivity index (χ3v) is 6.56. The summed E-state index contributed by atoms with van der Waals surface area (Å²) in [5, 5.41) is 0.699. The molecule has 0 aliphatic heterocycles. The van der Waals surface area contributed by atoms with Crippen molar-refractivity contribution in [2.75, 3.05) is 11.5 Å². The van der Waals surface area contributed by atoms with Crippen LogP contribution in [0.4, 0.5) is 11.5 Å². The van der Waals surface area contributed by atoms with E-state index in [1.165, 1.54) is 33.7 Å². The summed E-state index contributed by atoms with van der Waals surface area (Å²) in [7, 11) is 3.20. The Morgan fingerprint density at radius 2 is 1.92 bits per heavy atom. The number of nitrogen functional groups attached to an aromatic ring is 1. The quantitative estimate of drug-likeness (QED) is 0.364. The number of rotatable bonds is 4. The summed E-state index contributed by atoms with van der Waals surface area (Å²) < 4.78 is 2.97. The van der Waals surface area contributed by atoms with Gasteiger partial charge in [0.05, 0.1) is 10.8 Å². The van der Waals surface area contributed by atoms with Crippen LogP contribution in [-0.4, -0.2) is 25.7 Å². The minimum atomic E-state index is -0.274. The van der Waals surface area contributed by atoms with Gasteiger partial charge in [-0.25, -0.2) is 9.79 Å². The first-order valence-corrected chi connectivity index (χ1v) is 10.4. The van der Waals surface area contributed by atoms with E-state index >= 15 is 0 Å². The number of hydrogen-bond donors (Lipinski definition) is 1. The van der Waals surface area contributed by atoms with Crippen molar-refractivity contribution in [3.05, 3.63) is 15.1 Å². The predicted octanol–water partition coefficient (Wildman–Crippen LogP) is 3.60. The first kappa shape index (κ1) is 20.9. The molecule has 0 spiro atoms. The normalized spacial score (nSPS) is 21.5. The lowest BCUT2D eigenvalue weighted by Crippen LogP contribution is -2.28. The van der Waals surface area contributed by atoms with Crippen molar-refractivity contribution in [1.29, 1.82) is 0 Å². The van der Waals surface area contributed by atoms with Crippen LogP contribution in [0.25, 0.3) is 0 Å². The van der Waals surface area contributed by atoms with Gasteiger partial charge >= 0.3 is 5.69 Å². The van der Waals surface area contributed by atoms with Crippen LogP contribution in [0.15, 0.2) is 9.79 Å². The number of carbonyl (C=O) groups is 1. The zero-order valence-electron chi connectivity index (χ0n) is 15.9. The minimum Gasteiger partial charge on any atom is -0.393 e. The third kappa shape index (κ3) is 4.65. The third-order valence-electron chi connectivity index (χ3n) is 5.13. The summed E-state index contributed by atoms with van der Waals surface area (Å²) in [6.45, 7) is 4.01. The highest BCUT2D eigenvalue weighted by Crippen LogP contribution is 2.30. The van der Waals surface area contributed by atoms with E-state index in [-0.39, 0.29) is 16.2 Å². The standard InChI is InChI=1S/C18H28N4O2S2/c1-11-8-6-5-7-9-13(11)14(23)10-26-12(2)20-16-15(19)17(25)22(4)18(24)21(16)3/h11,13H,5-10,19H2,1-4H3. The molecule has 1 aromatic heterocycles. The van der Waals surface area contributed by atoms with Gasteiger partial charge in [-0.3, -0.25) is 13.9 Å². The summed E-state index contributed by atoms with van der Waals surface area (Å²) in [5.41, 5.74) is 6.07. The first-order chi connectivity index (χ1) is 12.2. The number of thioether (sulfide) groups is 1. The van der Waals surface area contributed by atoms with Crippen molar-refractivity contribution in [2.24, 2.45) is 30.9 Å². The van der Waals surface area contributed by atoms with Crippen LogP contribution < -0.4 is 11.4 Å². The zero-order valence-corrected chi connectivity index (χ0v) is 17.6. The number of aromatic nitrogens is 2. The molecule has 1 aromatic rings. The van der Waals surface area contributed by atoms with Crippen molar-refractivity contribution < 1.29 is 4.79 Å². The number of nitrogens with zero attached hydrogens (tertiary/aromatic N) is 3. The van der Waals surface area contributed by atoms with E-state index < -0.39 is 0 Å². The smallest absolute Gasteiger partial charge is 0.330 e. The molecule has 0 amide bonds. The molecular weight excluding hydrogens is 368 g/mol. The topological polar surface area (TPSA) is 82.4 Å². The average Bonchev–Trinajstić information content (AvgIpc) is 2.84. The molecular formula is C18H28N4O2S2. The number of Topliss-reactive ketones (excluding diaryl/α,β-unsaturated/α-hetero) is 1. The molecule has 1 aliphatic carbocycles. The van der Waals surface area contributed by atoms with Gasteiger partial charge < -0.3 is 5.73 Å². The van der Waals surface area contributed by atoms with Gasteiger partial charge in [0, 0.05) is 20.0 Å². The van der Waals surface area contributed by atoms with Gasteiger partial charge in [-0.1, -0.05) is 44.8 Å². The molecule has 1 fully saturated rings. The van der Waals surface area contributed by atoms with E-state index in [2.05, 4.69) is 11.9 Å².